The average Bonchev–Trinajstić information content (AvgIpc) is 3.01. The molecular formula is C16H12ClFN3Na2O6PS. The summed E-state index contributed by atoms with van der Waals surface area (Å²) >= 11 is 6.14. The van der Waals surface area contributed by atoms with E-state index in [-0.39, 0.29) is 70.0 Å². The number of ether oxygens (including phenoxy) is 1. The molecule has 0 spiro atoms. The second kappa shape index (κ2) is 11.2. The fourth-order valence-electron chi connectivity index (χ4n) is 2.58. The number of nitrogens with one attached hydrogen (secondary N) is 1. The first-order valence-corrected chi connectivity index (χ1v) is 11.2. The van der Waals surface area contributed by atoms with Crippen LogP contribution in [-0.4, -0.2) is 25.1 Å². The first kappa shape index (κ1) is 28.8. The third-order valence-corrected chi connectivity index (χ3v) is 6.83. The van der Waals surface area contributed by atoms with Gasteiger partial charge in [0.2, 0.25) is 10.0 Å². The van der Waals surface area contributed by atoms with Gasteiger partial charge in [0.1, 0.15) is 6.33 Å². The Labute approximate surface area is 226 Å². The van der Waals surface area contributed by atoms with Crippen LogP contribution in [0.4, 0.5) is 4.39 Å². The first-order chi connectivity index (χ1) is 13.5. The summed E-state index contributed by atoms with van der Waals surface area (Å²) in [6.45, 7) is 0. The molecule has 0 saturated carbocycles. The first-order valence-electron chi connectivity index (χ1n) is 7.75. The van der Waals surface area contributed by atoms with Gasteiger partial charge < -0.3 is 19.1 Å². The molecule has 2 aromatic carbocycles. The number of hydrogen-bond acceptors (Lipinski definition) is 7. The Hall–Kier alpha value is -0.270. The Balaban J connectivity index is 0.00000240. The van der Waals surface area contributed by atoms with Crippen molar-refractivity contribution >= 4 is 29.4 Å². The molecule has 0 radical (unpaired) electrons. The predicted octanol–water partition coefficient (Wildman–Crippen LogP) is -4.54. The van der Waals surface area contributed by atoms with E-state index < -0.39 is 28.5 Å². The van der Waals surface area contributed by atoms with Gasteiger partial charge in [0.05, 0.1) is 17.7 Å². The van der Waals surface area contributed by atoms with Crippen LogP contribution in [0.15, 0.2) is 53.7 Å². The molecule has 0 atom stereocenters. The number of benzene rings is 2. The quantitative estimate of drug-likeness (QED) is 0.263. The van der Waals surface area contributed by atoms with Gasteiger partial charge in [0, 0.05) is 19.0 Å². The van der Waals surface area contributed by atoms with E-state index in [0.29, 0.717) is 16.9 Å². The van der Waals surface area contributed by atoms with Gasteiger partial charge >= 0.3 is 59.1 Å². The summed E-state index contributed by atoms with van der Waals surface area (Å²) in [4.78, 5) is 25.0. The summed E-state index contributed by atoms with van der Waals surface area (Å²) in [5.74, 6) is -0.562. The van der Waals surface area contributed by atoms with E-state index in [1.54, 1.807) is 6.07 Å². The number of methoxy groups -OCH3 is 1. The van der Waals surface area contributed by atoms with Crippen LogP contribution in [0.2, 0.25) is 5.15 Å². The van der Waals surface area contributed by atoms with E-state index >= 15 is 0 Å². The number of halogens is 2. The second-order valence-corrected chi connectivity index (χ2v) is 9.25. The standard InChI is InChI=1S/C16H14ClFN3O6PS.2Na/c1-27-14-7-2-10(8-13(14)18)15-16(17)19-9-21(15)11-3-5-12(6-4-11)29(25,26)20-28(22,23)24;;/h2-9H,1H3,(H3,20,22,23,24);;/q;2*+1/p-2. The maximum Gasteiger partial charge on any atom is 1.00 e. The van der Waals surface area contributed by atoms with Gasteiger partial charge in [-0.2, -0.15) is 4.49 Å². The van der Waals surface area contributed by atoms with Crippen LogP contribution in [0.5, 0.6) is 5.75 Å². The molecule has 0 aliphatic carbocycles. The molecule has 0 unspecified atom stereocenters. The van der Waals surface area contributed by atoms with Crippen molar-refractivity contribution in [1.29, 1.82) is 0 Å². The van der Waals surface area contributed by atoms with E-state index in [9.17, 15) is 27.2 Å². The molecule has 0 fully saturated rings. The van der Waals surface area contributed by atoms with Crippen LogP contribution in [0.25, 0.3) is 16.9 Å². The van der Waals surface area contributed by atoms with Crippen LogP contribution in [0.1, 0.15) is 0 Å². The van der Waals surface area contributed by atoms with Gasteiger partial charge in [0.15, 0.2) is 16.7 Å². The van der Waals surface area contributed by atoms with E-state index in [1.807, 2.05) is 0 Å². The number of aromatic nitrogens is 2. The van der Waals surface area contributed by atoms with E-state index in [4.69, 9.17) is 16.3 Å². The molecule has 1 aromatic heterocycles. The van der Waals surface area contributed by atoms with Crippen LogP contribution in [0.3, 0.4) is 0 Å². The molecule has 0 aliphatic rings. The molecule has 15 heteroatoms. The molecule has 0 amide bonds. The molecule has 0 saturated heterocycles. The maximum atomic E-state index is 14.1. The summed E-state index contributed by atoms with van der Waals surface area (Å²) < 4.78 is 56.0. The Morgan fingerprint density at radius 2 is 1.77 bits per heavy atom. The van der Waals surface area contributed by atoms with Crippen LogP contribution < -0.4 is 78.1 Å². The average molecular weight is 506 g/mol. The molecular weight excluding hydrogens is 494 g/mol. The van der Waals surface area contributed by atoms with Gasteiger partial charge in [0.25, 0.3) is 0 Å². The van der Waals surface area contributed by atoms with Crippen molar-refractivity contribution in [2.45, 2.75) is 4.90 Å². The minimum Gasteiger partial charge on any atom is -0.799 e. The Morgan fingerprint density at radius 1 is 1.16 bits per heavy atom. The summed E-state index contributed by atoms with van der Waals surface area (Å²) in [5.41, 5.74) is 1.13. The van der Waals surface area contributed by atoms with Crippen molar-refractivity contribution in [3.8, 4) is 22.7 Å². The van der Waals surface area contributed by atoms with Crippen molar-refractivity contribution in [3.63, 3.8) is 0 Å². The zero-order chi connectivity index (χ0) is 21.4. The molecule has 1 heterocycles. The van der Waals surface area contributed by atoms with E-state index in [2.05, 4.69) is 4.98 Å². The van der Waals surface area contributed by atoms with Crippen LogP contribution in [0, 0.1) is 5.82 Å². The van der Waals surface area contributed by atoms with E-state index in [1.165, 1.54) is 42.3 Å². The van der Waals surface area contributed by atoms with Crippen LogP contribution in [-0.2, 0) is 14.6 Å². The van der Waals surface area contributed by atoms with Crippen molar-refractivity contribution < 1.29 is 91.0 Å². The zero-order valence-electron chi connectivity index (χ0n) is 16.6. The Bertz CT molecular complexity index is 1220. The Morgan fingerprint density at radius 3 is 2.29 bits per heavy atom. The largest absolute Gasteiger partial charge is 1.00 e. The van der Waals surface area contributed by atoms with Crippen molar-refractivity contribution in [3.05, 3.63) is 59.8 Å². The zero-order valence-corrected chi connectivity index (χ0v) is 23.0. The smallest absolute Gasteiger partial charge is 0.799 e. The molecule has 154 valence electrons. The maximum absolute atomic E-state index is 14.1. The molecule has 31 heavy (non-hydrogen) atoms. The van der Waals surface area contributed by atoms with Gasteiger partial charge in [-0.15, -0.1) is 0 Å². The number of imidazole rings is 1. The van der Waals surface area contributed by atoms with Gasteiger partial charge in [-0.3, -0.25) is 4.57 Å². The minimum absolute atomic E-state index is 0. The van der Waals surface area contributed by atoms with E-state index in [0.717, 1.165) is 16.6 Å². The molecule has 1 N–H and O–H groups in total. The van der Waals surface area contributed by atoms with Crippen molar-refractivity contribution in [2.24, 2.45) is 0 Å². The topological polar surface area (TPSA) is 136 Å². The monoisotopic (exact) mass is 505 g/mol. The molecule has 3 rings (SSSR count). The number of hydrogen-bond donors (Lipinski definition) is 1. The van der Waals surface area contributed by atoms with Gasteiger partial charge in [-0.25, -0.2) is 17.8 Å². The number of nitrogens with zero attached hydrogens (tertiary/aromatic N) is 2. The summed E-state index contributed by atoms with van der Waals surface area (Å²) in [7, 11) is -8.70. The molecule has 3 aromatic rings. The minimum atomic E-state index is -5.50. The molecule has 9 nitrogen and oxygen atoms in total. The fourth-order valence-corrected chi connectivity index (χ4v) is 4.92. The van der Waals surface area contributed by atoms with Gasteiger partial charge in [-0.05, 0) is 42.5 Å². The normalized spacial score (nSPS) is 11.4. The third-order valence-electron chi connectivity index (χ3n) is 3.81. The second-order valence-electron chi connectivity index (χ2n) is 5.69. The summed E-state index contributed by atoms with van der Waals surface area (Å²) in [6.07, 6.45) is 1.35. The molecule has 0 aliphatic heterocycles. The van der Waals surface area contributed by atoms with Crippen LogP contribution >= 0.6 is 19.3 Å². The number of sulfonamides is 1. The fraction of sp³-hybridized carbons (Fsp3) is 0.0625. The third kappa shape index (κ3) is 6.86. The van der Waals surface area contributed by atoms with Gasteiger partial charge in [-0.1, -0.05) is 11.6 Å². The summed E-state index contributed by atoms with van der Waals surface area (Å²) in [5, 5.41) is 0.0755. The Kier molecular flexibility index (Phi) is 10.4. The number of rotatable bonds is 6. The molecule has 0 bridgehead atoms. The van der Waals surface area contributed by atoms with Crippen molar-refractivity contribution in [1.82, 2.24) is 14.0 Å². The predicted molar refractivity (Wildman–Crippen MR) is 98.4 cm³/mol. The summed E-state index contributed by atoms with van der Waals surface area (Å²) in [6, 6.07) is 9.08. The van der Waals surface area contributed by atoms with Crippen molar-refractivity contribution in [2.75, 3.05) is 7.11 Å². The SMILES string of the molecule is COc1ccc(-c2c(Cl)ncn2-c2ccc(S(=O)(=O)NP(=O)([O-])[O-])cc2)cc1F.[Na+].[Na+].